The van der Waals surface area contributed by atoms with Crippen LogP contribution in [0.1, 0.15) is 32.7 Å². The second-order valence-corrected chi connectivity index (χ2v) is 7.83. The van der Waals surface area contributed by atoms with Crippen molar-refractivity contribution in [2.75, 3.05) is 32.7 Å². The Labute approximate surface area is 156 Å². The Balaban J connectivity index is 1.96. The van der Waals surface area contributed by atoms with Gasteiger partial charge in [-0.1, -0.05) is 13.3 Å². The third-order valence-corrected chi connectivity index (χ3v) is 7.13. The molecular weight excluding hydrogens is 480 g/mol. The molecule has 0 aliphatic carbocycles. The van der Waals surface area contributed by atoms with Crippen LogP contribution in [-0.2, 0) is 4.79 Å². The van der Waals surface area contributed by atoms with Crippen molar-refractivity contribution in [1.82, 2.24) is 19.6 Å². The molecule has 0 bridgehead atoms. The van der Waals surface area contributed by atoms with Gasteiger partial charge in [0.05, 0.1) is 4.47 Å². The second kappa shape index (κ2) is 8.26. The molecule has 22 heavy (non-hydrogen) atoms. The average Bonchev–Trinajstić information content (AvgIpc) is 2.79. The van der Waals surface area contributed by atoms with E-state index >= 15 is 0 Å². The number of amides is 1. The summed E-state index contributed by atoms with van der Waals surface area (Å²) in [4.78, 5) is 17.1. The molecule has 124 valence electrons. The van der Waals surface area contributed by atoms with Crippen LogP contribution in [0.25, 0.3) is 0 Å². The maximum absolute atomic E-state index is 12.7. The number of rotatable bonds is 5. The maximum atomic E-state index is 12.7. The molecule has 1 aromatic rings. The SMILES string of the molecule is CCCCN1CCN(C(=O)C(C)n2nc(Br)c(Br)c2Br)CC1. The van der Waals surface area contributed by atoms with Gasteiger partial charge in [0.15, 0.2) is 0 Å². The molecule has 8 heteroatoms. The zero-order chi connectivity index (χ0) is 16.3. The highest BCUT2D eigenvalue weighted by atomic mass is 79.9. The Hall–Kier alpha value is 0.0800. The third kappa shape index (κ3) is 4.13. The number of hydrogen-bond acceptors (Lipinski definition) is 3. The Kier molecular flexibility index (Phi) is 6.91. The van der Waals surface area contributed by atoms with Gasteiger partial charge in [0.2, 0.25) is 5.91 Å². The minimum Gasteiger partial charge on any atom is -0.338 e. The molecule has 1 amide bonds. The predicted octanol–water partition coefficient (Wildman–Crippen LogP) is 3.68. The fraction of sp³-hybridized carbons (Fsp3) is 0.714. The van der Waals surface area contributed by atoms with Gasteiger partial charge in [-0.05, 0) is 67.7 Å². The summed E-state index contributed by atoms with van der Waals surface area (Å²) in [5.74, 6) is 0.123. The molecule has 0 spiro atoms. The average molecular weight is 501 g/mol. The van der Waals surface area contributed by atoms with Crippen LogP contribution in [0, 0.1) is 0 Å². The van der Waals surface area contributed by atoms with E-state index in [9.17, 15) is 4.79 Å². The van der Waals surface area contributed by atoms with Crippen LogP contribution in [-0.4, -0.2) is 58.2 Å². The van der Waals surface area contributed by atoms with Crippen LogP contribution < -0.4 is 0 Å². The van der Waals surface area contributed by atoms with E-state index < -0.39 is 0 Å². The maximum Gasteiger partial charge on any atom is 0.247 e. The van der Waals surface area contributed by atoms with Crippen LogP contribution in [0.5, 0.6) is 0 Å². The van der Waals surface area contributed by atoms with Crippen molar-refractivity contribution in [3.8, 4) is 0 Å². The lowest BCUT2D eigenvalue weighted by Gasteiger charge is -2.36. The number of hydrogen-bond donors (Lipinski definition) is 0. The molecule has 5 nitrogen and oxygen atoms in total. The molecule has 1 aliphatic heterocycles. The first-order chi connectivity index (χ1) is 10.5. The Morgan fingerprint density at radius 3 is 2.36 bits per heavy atom. The largest absolute Gasteiger partial charge is 0.338 e. The van der Waals surface area contributed by atoms with Gasteiger partial charge in [0.25, 0.3) is 0 Å². The number of carbonyl (C=O) groups is 1. The fourth-order valence-electron chi connectivity index (χ4n) is 2.57. The van der Waals surface area contributed by atoms with E-state index in [4.69, 9.17) is 0 Å². The van der Waals surface area contributed by atoms with Gasteiger partial charge < -0.3 is 4.90 Å². The molecule has 1 aromatic heterocycles. The first-order valence-electron chi connectivity index (χ1n) is 7.55. The zero-order valence-corrected chi connectivity index (χ0v) is 17.6. The predicted molar refractivity (Wildman–Crippen MR) is 98.0 cm³/mol. The van der Waals surface area contributed by atoms with Crippen molar-refractivity contribution < 1.29 is 4.79 Å². The van der Waals surface area contributed by atoms with E-state index in [-0.39, 0.29) is 11.9 Å². The van der Waals surface area contributed by atoms with Gasteiger partial charge >= 0.3 is 0 Å². The van der Waals surface area contributed by atoms with E-state index in [1.807, 2.05) is 11.8 Å². The van der Waals surface area contributed by atoms with Crippen LogP contribution in [0.2, 0.25) is 0 Å². The van der Waals surface area contributed by atoms with E-state index in [1.54, 1.807) is 4.68 Å². The standard InChI is InChI=1S/C14H21Br3N4O/c1-3-4-5-19-6-8-20(9-7-19)14(22)10(2)21-13(17)11(15)12(16)18-21/h10H,3-9H2,1-2H3. The summed E-state index contributed by atoms with van der Waals surface area (Å²) in [5.41, 5.74) is 0. The summed E-state index contributed by atoms with van der Waals surface area (Å²) in [6, 6.07) is -0.320. The van der Waals surface area contributed by atoms with Gasteiger partial charge in [0.1, 0.15) is 15.2 Å². The number of halogens is 3. The summed E-state index contributed by atoms with van der Waals surface area (Å²) in [6.07, 6.45) is 2.44. The minimum atomic E-state index is -0.320. The Morgan fingerprint density at radius 2 is 1.86 bits per heavy atom. The summed E-state index contributed by atoms with van der Waals surface area (Å²) in [7, 11) is 0. The first kappa shape index (κ1) is 18.4. The molecule has 2 rings (SSSR count). The zero-order valence-electron chi connectivity index (χ0n) is 12.9. The van der Waals surface area contributed by atoms with Crippen LogP contribution in [0.15, 0.2) is 13.7 Å². The minimum absolute atomic E-state index is 0.123. The van der Waals surface area contributed by atoms with Crippen LogP contribution >= 0.6 is 47.8 Å². The topological polar surface area (TPSA) is 41.4 Å². The lowest BCUT2D eigenvalue weighted by atomic mass is 10.2. The summed E-state index contributed by atoms with van der Waals surface area (Å²) >= 11 is 10.3. The molecule has 0 radical (unpaired) electrons. The summed E-state index contributed by atoms with van der Waals surface area (Å²) in [5, 5.41) is 4.36. The fourth-order valence-corrected chi connectivity index (χ4v) is 4.03. The monoisotopic (exact) mass is 498 g/mol. The summed E-state index contributed by atoms with van der Waals surface area (Å²) < 4.78 is 4.02. The van der Waals surface area contributed by atoms with Gasteiger partial charge in [-0.15, -0.1) is 0 Å². The third-order valence-electron chi connectivity index (χ3n) is 4.00. The number of unbranched alkanes of at least 4 members (excludes halogenated alkanes) is 1. The molecule has 0 aromatic carbocycles. The van der Waals surface area contributed by atoms with Crippen molar-refractivity contribution in [3.63, 3.8) is 0 Å². The highest BCUT2D eigenvalue weighted by Gasteiger charge is 2.28. The van der Waals surface area contributed by atoms with E-state index in [0.717, 1.165) is 41.8 Å². The number of aromatic nitrogens is 2. The number of nitrogens with zero attached hydrogens (tertiary/aromatic N) is 4. The highest BCUT2D eigenvalue weighted by molar-refractivity contribution is 9.14. The lowest BCUT2D eigenvalue weighted by molar-refractivity contribution is -0.136. The Morgan fingerprint density at radius 1 is 1.23 bits per heavy atom. The molecule has 2 heterocycles. The van der Waals surface area contributed by atoms with Gasteiger partial charge in [-0.2, -0.15) is 5.10 Å². The van der Waals surface area contributed by atoms with Gasteiger partial charge in [-0.25, -0.2) is 4.68 Å². The van der Waals surface area contributed by atoms with Crippen molar-refractivity contribution in [1.29, 1.82) is 0 Å². The second-order valence-electron chi connectivity index (χ2n) is 5.54. The van der Waals surface area contributed by atoms with Crippen molar-refractivity contribution in [2.45, 2.75) is 32.7 Å². The number of piperazine rings is 1. The molecule has 0 saturated carbocycles. The van der Waals surface area contributed by atoms with Gasteiger partial charge in [-0.3, -0.25) is 9.69 Å². The molecular formula is C14H21Br3N4O. The summed E-state index contributed by atoms with van der Waals surface area (Å²) in [6.45, 7) is 8.77. The molecule has 0 N–H and O–H groups in total. The highest BCUT2D eigenvalue weighted by Crippen LogP contribution is 2.32. The van der Waals surface area contributed by atoms with Crippen molar-refractivity contribution >= 4 is 53.7 Å². The molecule has 1 saturated heterocycles. The quantitative estimate of drug-likeness (QED) is 0.619. The number of carbonyl (C=O) groups excluding carboxylic acids is 1. The van der Waals surface area contributed by atoms with Gasteiger partial charge in [0, 0.05) is 26.2 Å². The Bertz CT molecular complexity index is 526. The van der Waals surface area contributed by atoms with Crippen LogP contribution in [0.4, 0.5) is 0 Å². The van der Waals surface area contributed by atoms with Crippen molar-refractivity contribution in [3.05, 3.63) is 13.7 Å². The molecule has 1 unspecified atom stereocenters. The molecule has 1 atom stereocenters. The van der Waals surface area contributed by atoms with E-state index in [2.05, 4.69) is 64.7 Å². The smallest absolute Gasteiger partial charge is 0.247 e. The van der Waals surface area contributed by atoms with Crippen molar-refractivity contribution in [2.24, 2.45) is 0 Å². The van der Waals surface area contributed by atoms with Crippen LogP contribution in [0.3, 0.4) is 0 Å². The molecule has 1 aliphatic rings. The molecule has 1 fully saturated rings. The van der Waals surface area contributed by atoms with E-state index in [0.29, 0.717) is 4.60 Å². The lowest BCUT2D eigenvalue weighted by Crippen LogP contribution is -2.50. The first-order valence-corrected chi connectivity index (χ1v) is 9.93. The normalized spacial score (nSPS) is 17.8. The van der Waals surface area contributed by atoms with E-state index in [1.165, 1.54) is 12.8 Å².